The van der Waals surface area contributed by atoms with Gasteiger partial charge in [-0.2, -0.15) is 13.2 Å². The van der Waals surface area contributed by atoms with E-state index in [0.717, 1.165) is 0 Å². The van der Waals surface area contributed by atoms with E-state index in [-0.39, 0.29) is 16.3 Å². The van der Waals surface area contributed by atoms with Gasteiger partial charge in [0.1, 0.15) is 6.54 Å². The number of amides is 1. The van der Waals surface area contributed by atoms with Gasteiger partial charge in [0.15, 0.2) is 0 Å². The summed E-state index contributed by atoms with van der Waals surface area (Å²) < 4.78 is 37.0. The highest BCUT2D eigenvalue weighted by Crippen LogP contribution is 2.21. The Kier molecular flexibility index (Phi) is 5.02. The van der Waals surface area contributed by atoms with Crippen LogP contribution in [0.15, 0.2) is 18.2 Å². The first-order valence-electron chi connectivity index (χ1n) is 5.26. The van der Waals surface area contributed by atoms with Gasteiger partial charge in [-0.05, 0) is 18.2 Å². The summed E-state index contributed by atoms with van der Waals surface area (Å²) in [6.45, 7) is -2.44. The predicted octanol–water partition coefficient (Wildman–Crippen LogP) is 1.92. The van der Waals surface area contributed by atoms with E-state index in [2.05, 4.69) is 0 Å². The van der Waals surface area contributed by atoms with E-state index < -0.39 is 31.8 Å². The van der Waals surface area contributed by atoms with Gasteiger partial charge in [0.05, 0.1) is 6.61 Å². The molecule has 1 amide bonds. The van der Waals surface area contributed by atoms with Crippen molar-refractivity contribution in [2.75, 3.05) is 25.4 Å². The molecule has 4 nitrogen and oxygen atoms in total. The van der Waals surface area contributed by atoms with Crippen molar-refractivity contribution in [3.63, 3.8) is 0 Å². The number of nitrogens with two attached hydrogens (primary N) is 1. The first kappa shape index (κ1) is 15.6. The summed E-state index contributed by atoms with van der Waals surface area (Å²) in [6.07, 6.45) is -4.55. The Morgan fingerprint density at radius 3 is 2.47 bits per heavy atom. The van der Waals surface area contributed by atoms with Gasteiger partial charge >= 0.3 is 6.18 Å². The van der Waals surface area contributed by atoms with Gasteiger partial charge in [-0.15, -0.1) is 0 Å². The third-order valence-corrected chi connectivity index (χ3v) is 2.41. The number of carbonyl (C=O) groups excluding carboxylic acids is 1. The van der Waals surface area contributed by atoms with Crippen LogP contribution in [-0.4, -0.2) is 41.8 Å². The summed E-state index contributed by atoms with van der Waals surface area (Å²) in [7, 11) is 0. The lowest BCUT2D eigenvalue weighted by atomic mass is 10.1. The quantitative estimate of drug-likeness (QED) is 0.834. The highest BCUT2D eigenvalue weighted by Gasteiger charge is 2.33. The van der Waals surface area contributed by atoms with Gasteiger partial charge in [0.2, 0.25) is 0 Å². The molecule has 19 heavy (non-hydrogen) atoms. The number of anilines is 1. The number of alkyl halides is 3. The van der Waals surface area contributed by atoms with E-state index in [4.69, 9.17) is 22.4 Å². The fourth-order valence-electron chi connectivity index (χ4n) is 1.51. The number of hydrogen-bond acceptors (Lipinski definition) is 3. The minimum absolute atomic E-state index is 0.0531. The number of aliphatic hydroxyl groups is 1. The molecule has 1 rings (SSSR count). The molecular formula is C11H12ClF3N2O2. The molecule has 0 atom stereocenters. The van der Waals surface area contributed by atoms with Gasteiger partial charge in [-0.3, -0.25) is 4.79 Å². The maximum atomic E-state index is 12.3. The van der Waals surface area contributed by atoms with Gasteiger partial charge in [0, 0.05) is 22.8 Å². The lowest BCUT2D eigenvalue weighted by Crippen LogP contribution is -2.40. The topological polar surface area (TPSA) is 66.6 Å². The minimum Gasteiger partial charge on any atom is -0.399 e. The van der Waals surface area contributed by atoms with Crippen molar-refractivity contribution in [3.8, 4) is 0 Å². The van der Waals surface area contributed by atoms with Crippen LogP contribution in [-0.2, 0) is 0 Å². The Labute approximate surface area is 112 Å². The van der Waals surface area contributed by atoms with Crippen molar-refractivity contribution < 1.29 is 23.1 Å². The second-order valence-electron chi connectivity index (χ2n) is 3.84. The zero-order valence-corrected chi connectivity index (χ0v) is 10.5. The van der Waals surface area contributed by atoms with E-state index in [9.17, 15) is 18.0 Å². The lowest BCUT2D eigenvalue weighted by molar-refractivity contribution is -0.141. The summed E-state index contributed by atoms with van der Waals surface area (Å²) in [6, 6.07) is 3.83. The summed E-state index contributed by atoms with van der Waals surface area (Å²) in [5.74, 6) is -0.888. The fourth-order valence-corrected chi connectivity index (χ4v) is 1.75. The van der Waals surface area contributed by atoms with Crippen molar-refractivity contribution in [1.82, 2.24) is 4.90 Å². The number of carbonyl (C=O) groups is 1. The molecule has 0 unspecified atom stereocenters. The summed E-state index contributed by atoms with van der Waals surface area (Å²) in [4.78, 5) is 12.4. The molecule has 0 radical (unpaired) electrons. The van der Waals surface area contributed by atoms with Gasteiger partial charge in [-0.25, -0.2) is 0 Å². The molecule has 0 aliphatic heterocycles. The smallest absolute Gasteiger partial charge is 0.399 e. The minimum atomic E-state index is -4.55. The third kappa shape index (κ3) is 4.96. The fraction of sp³-hybridized carbons (Fsp3) is 0.364. The highest BCUT2D eigenvalue weighted by atomic mass is 35.5. The van der Waals surface area contributed by atoms with Crippen LogP contribution < -0.4 is 5.73 Å². The van der Waals surface area contributed by atoms with Crippen LogP contribution in [0, 0.1) is 0 Å². The van der Waals surface area contributed by atoms with Crippen LogP contribution in [0.3, 0.4) is 0 Å². The maximum Gasteiger partial charge on any atom is 0.406 e. The van der Waals surface area contributed by atoms with Gasteiger partial charge in [-0.1, -0.05) is 11.6 Å². The Hall–Kier alpha value is -1.47. The molecule has 1 aromatic rings. The standard InChI is InChI=1S/C11H12ClF3N2O2/c12-8-3-7(4-9(16)5-8)10(19)17(1-2-18)6-11(13,14)15/h3-5,18H,1-2,6,16H2. The van der Waals surface area contributed by atoms with Crippen molar-refractivity contribution in [2.45, 2.75) is 6.18 Å². The number of rotatable bonds is 4. The van der Waals surface area contributed by atoms with Crippen LogP contribution in [0.25, 0.3) is 0 Å². The monoisotopic (exact) mass is 296 g/mol. The Morgan fingerprint density at radius 1 is 1.37 bits per heavy atom. The number of halogens is 4. The van der Waals surface area contributed by atoms with Crippen molar-refractivity contribution >= 4 is 23.2 Å². The Bertz CT molecular complexity index is 445. The average molecular weight is 297 g/mol. The van der Waals surface area contributed by atoms with Gasteiger partial charge in [0.25, 0.3) is 5.91 Å². The zero-order valence-electron chi connectivity index (χ0n) is 9.75. The molecular weight excluding hydrogens is 285 g/mol. The molecule has 0 fully saturated rings. The molecule has 1 aromatic carbocycles. The van der Waals surface area contributed by atoms with Crippen LogP contribution in [0.2, 0.25) is 5.02 Å². The molecule has 0 saturated heterocycles. The predicted molar refractivity (Wildman–Crippen MR) is 64.9 cm³/mol. The van der Waals surface area contributed by atoms with Crippen LogP contribution in [0.5, 0.6) is 0 Å². The molecule has 0 aliphatic rings. The number of benzene rings is 1. The molecule has 0 aromatic heterocycles. The molecule has 0 spiro atoms. The number of nitrogen functional groups attached to an aromatic ring is 1. The first-order chi connectivity index (χ1) is 8.73. The van der Waals surface area contributed by atoms with Crippen molar-refractivity contribution in [3.05, 3.63) is 28.8 Å². The third-order valence-electron chi connectivity index (χ3n) is 2.19. The SMILES string of the molecule is Nc1cc(Cl)cc(C(=O)N(CCO)CC(F)(F)F)c1. The Morgan fingerprint density at radius 2 is 2.00 bits per heavy atom. The summed E-state index contributed by atoms with van der Waals surface area (Å²) in [5, 5.41) is 8.88. The maximum absolute atomic E-state index is 12.3. The van der Waals surface area contributed by atoms with Gasteiger partial charge < -0.3 is 15.7 Å². The summed E-state index contributed by atoms with van der Waals surface area (Å²) in [5.41, 5.74) is 5.59. The number of hydrogen-bond donors (Lipinski definition) is 2. The molecule has 0 heterocycles. The van der Waals surface area contributed by atoms with E-state index in [1.54, 1.807) is 0 Å². The van der Waals surface area contributed by atoms with E-state index in [1.807, 2.05) is 0 Å². The first-order valence-corrected chi connectivity index (χ1v) is 5.63. The van der Waals surface area contributed by atoms with Crippen molar-refractivity contribution in [1.29, 1.82) is 0 Å². The van der Waals surface area contributed by atoms with Crippen LogP contribution in [0.1, 0.15) is 10.4 Å². The van der Waals surface area contributed by atoms with E-state index in [1.165, 1.54) is 18.2 Å². The largest absolute Gasteiger partial charge is 0.406 e. The number of aliphatic hydroxyl groups excluding tert-OH is 1. The average Bonchev–Trinajstić information content (AvgIpc) is 2.24. The Balaban J connectivity index is 2.98. The summed E-state index contributed by atoms with van der Waals surface area (Å²) >= 11 is 5.69. The second-order valence-corrected chi connectivity index (χ2v) is 4.28. The molecule has 106 valence electrons. The zero-order chi connectivity index (χ0) is 14.6. The second kappa shape index (κ2) is 6.12. The molecule has 0 bridgehead atoms. The van der Waals surface area contributed by atoms with Crippen LogP contribution in [0.4, 0.5) is 18.9 Å². The molecule has 3 N–H and O–H groups in total. The normalized spacial score (nSPS) is 11.4. The van der Waals surface area contributed by atoms with E-state index in [0.29, 0.717) is 4.90 Å². The molecule has 8 heteroatoms. The van der Waals surface area contributed by atoms with E-state index >= 15 is 0 Å². The van der Waals surface area contributed by atoms with Crippen LogP contribution >= 0.6 is 11.6 Å². The lowest BCUT2D eigenvalue weighted by Gasteiger charge is -2.23. The highest BCUT2D eigenvalue weighted by molar-refractivity contribution is 6.31. The molecule has 0 aliphatic carbocycles. The number of nitrogens with zero attached hydrogens (tertiary/aromatic N) is 1. The molecule has 0 saturated carbocycles. The van der Waals surface area contributed by atoms with Crippen molar-refractivity contribution in [2.24, 2.45) is 0 Å².